The number of anilines is 1. The molecule has 0 saturated carbocycles. The van der Waals surface area contributed by atoms with Crippen LogP contribution in [0.5, 0.6) is 0 Å². The van der Waals surface area contributed by atoms with Crippen molar-refractivity contribution in [2.75, 3.05) is 4.72 Å². The molecule has 8 nitrogen and oxygen atoms in total. The molecule has 2 aromatic carbocycles. The topological polar surface area (TPSA) is 131 Å². The van der Waals surface area contributed by atoms with Gasteiger partial charge in [-0.25, -0.2) is 13.4 Å². The van der Waals surface area contributed by atoms with Gasteiger partial charge in [0.05, 0.1) is 32.9 Å². The molecule has 0 aliphatic carbocycles. The number of benzene rings is 2. The highest BCUT2D eigenvalue weighted by Gasteiger charge is 2.20. The Morgan fingerprint density at radius 2 is 1.83 bits per heavy atom. The molecule has 4 N–H and O–H groups in total. The van der Waals surface area contributed by atoms with Crippen LogP contribution in [0, 0.1) is 0 Å². The fourth-order valence-electron chi connectivity index (χ4n) is 2.89. The number of amides is 1. The highest BCUT2D eigenvalue weighted by atomic mass is 35.5. The number of nitrogens with one attached hydrogen (secondary N) is 2. The predicted octanol–water partition coefficient (Wildman–Crippen LogP) is 3.83. The molecule has 0 aliphatic rings. The molecule has 152 valence electrons. The van der Waals surface area contributed by atoms with Crippen LogP contribution < -0.4 is 10.5 Å². The summed E-state index contributed by atoms with van der Waals surface area (Å²) in [5, 5.41) is 7.20. The smallest absolute Gasteiger partial charge is 0.263 e. The molecule has 30 heavy (non-hydrogen) atoms. The highest BCUT2D eigenvalue weighted by Crippen LogP contribution is 2.31. The molecular weight excluding hydrogens is 449 g/mol. The van der Waals surface area contributed by atoms with Gasteiger partial charge < -0.3 is 5.73 Å². The fraction of sp³-hybridized carbons (Fsp3) is 0. The number of halogens is 2. The van der Waals surface area contributed by atoms with E-state index in [0.717, 1.165) is 0 Å². The van der Waals surface area contributed by atoms with Crippen LogP contribution in [-0.2, 0) is 10.0 Å². The number of carbonyl (C=O) groups is 1. The second kappa shape index (κ2) is 7.60. The molecule has 11 heteroatoms. The van der Waals surface area contributed by atoms with Gasteiger partial charge in [-0.2, -0.15) is 5.10 Å². The second-order valence-corrected chi connectivity index (χ2v) is 8.72. The third-order valence-electron chi connectivity index (χ3n) is 4.33. The number of nitrogens with zero attached hydrogens (tertiary/aromatic N) is 2. The maximum absolute atomic E-state index is 12.6. The van der Waals surface area contributed by atoms with E-state index in [1.807, 2.05) is 0 Å². The van der Waals surface area contributed by atoms with Gasteiger partial charge in [0, 0.05) is 11.3 Å². The summed E-state index contributed by atoms with van der Waals surface area (Å²) in [6, 6.07) is 12.4. The first-order valence-corrected chi connectivity index (χ1v) is 10.7. The number of fused-ring (bicyclic) bond motifs is 1. The second-order valence-electron chi connectivity index (χ2n) is 6.29. The lowest BCUT2D eigenvalue weighted by Gasteiger charge is -2.11. The Hall–Kier alpha value is -3.14. The molecule has 0 aliphatic heterocycles. The number of pyridine rings is 1. The molecule has 0 bridgehead atoms. The number of aromatic amines is 1. The van der Waals surface area contributed by atoms with E-state index in [0.29, 0.717) is 28.0 Å². The summed E-state index contributed by atoms with van der Waals surface area (Å²) in [5.74, 6) is -0.604. The van der Waals surface area contributed by atoms with Gasteiger partial charge in [-0.3, -0.25) is 14.6 Å². The monoisotopic (exact) mass is 461 g/mol. The predicted molar refractivity (Wildman–Crippen MR) is 115 cm³/mol. The summed E-state index contributed by atoms with van der Waals surface area (Å²) in [6.07, 6.45) is 1.48. The van der Waals surface area contributed by atoms with Crippen molar-refractivity contribution in [2.45, 2.75) is 4.90 Å². The van der Waals surface area contributed by atoms with Crippen LogP contribution in [0.1, 0.15) is 10.4 Å². The zero-order valence-corrected chi connectivity index (χ0v) is 17.4. The normalized spacial score (nSPS) is 11.5. The van der Waals surface area contributed by atoms with Crippen molar-refractivity contribution in [1.82, 2.24) is 15.2 Å². The van der Waals surface area contributed by atoms with E-state index in [4.69, 9.17) is 28.9 Å². The van der Waals surface area contributed by atoms with Crippen LogP contribution in [0.15, 0.2) is 59.6 Å². The Labute approximate surface area is 181 Å². The van der Waals surface area contributed by atoms with Crippen molar-refractivity contribution in [2.24, 2.45) is 5.73 Å². The number of nitrogens with two attached hydrogens (primary N) is 1. The van der Waals surface area contributed by atoms with Crippen molar-refractivity contribution in [1.29, 1.82) is 0 Å². The Bertz CT molecular complexity index is 1390. The van der Waals surface area contributed by atoms with E-state index in [2.05, 4.69) is 19.9 Å². The molecule has 0 radical (unpaired) electrons. The summed E-state index contributed by atoms with van der Waals surface area (Å²) in [5.41, 5.74) is 7.59. The SMILES string of the molecule is NC(=O)c1cc(-c2ccc(NS(=O)(=O)c3cccc(Cl)c3Cl)cc2)nc2[nH]ncc12. The first-order valence-electron chi connectivity index (χ1n) is 8.47. The third-order valence-corrected chi connectivity index (χ3v) is 6.68. The highest BCUT2D eigenvalue weighted by molar-refractivity contribution is 7.92. The maximum Gasteiger partial charge on any atom is 0.263 e. The van der Waals surface area contributed by atoms with Crippen LogP contribution >= 0.6 is 23.2 Å². The van der Waals surface area contributed by atoms with E-state index in [1.54, 1.807) is 30.3 Å². The first kappa shape index (κ1) is 20.1. The number of hydrogen-bond acceptors (Lipinski definition) is 5. The largest absolute Gasteiger partial charge is 0.366 e. The van der Waals surface area contributed by atoms with Crippen LogP contribution in [-0.4, -0.2) is 29.5 Å². The minimum absolute atomic E-state index is 0.0562. The number of primary amides is 1. The maximum atomic E-state index is 12.6. The van der Waals surface area contributed by atoms with E-state index < -0.39 is 15.9 Å². The minimum Gasteiger partial charge on any atom is -0.366 e. The lowest BCUT2D eigenvalue weighted by Crippen LogP contribution is -2.13. The summed E-state index contributed by atoms with van der Waals surface area (Å²) < 4.78 is 27.7. The molecule has 1 amide bonds. The number of hydrogen-bond donors (Lipinski definition) is 3. The third kappa shape index (κ3) is 3.70. The zero-order valence-electron chi connectivity index (χ0n) is 15.1. The summed E-state index contributed by atoms with van der Waals surface area (Å²) in [6.45, 7) is 0. The van der Waals surface area contributed by atoms with Gasteiger partial charge in [0.15, 0.2) is 5.65 Å². The Morgan fingerprint density at radius 3 is 2.53 bits per heavy atom. The van der Waals surface area contributed by atoms with Crippen molar-refractivity contribution in [3.63, 3.8) is 0 Å². The van der Waals surface area contributed by atoms with Gasteiger partial charge in [0.25, 0.3) is 10.0 Å². The molecule has 0 unspecified atom stereocenters. The van der Waals surface area contributed by atoms with Gasteiger partial charge in [0.2, 0.25) is 5.91 Å². The Balaban J connectivity index is 1.66. The lowest BCUT2D eigenvalue weighted by atomic mass is 10.1. The van der Waals surface area contributed by atoms with Gasteiger partial charge in [0.1, 0.15) is 4.90 Å². The summed E-state index contributed by atoms with van der Waals surface area (Å²) in [4.78, 5) is 16.0. The van der Waals surface area contributed by atoms with E-state index in [-0.39, 0.29) is 20.5 Å². The molecule has 0 saturated heterocycles. The number of rotatable bonds is 5. The van der Waals surface area contributed by atoms with Crippen LogP contribution in [0.25, 0.3) is 22.3 Å². The molecule has 2 aromatic heterocycles. The molecule has 0 atom stereocenters. The van der Waals surface area contributed by atoms with E-state index in [1.165, 1.54) is 24.4 Å². The number of sulfonamides is 1. The summed E-state index contributed by atoms with van der Waals surface area (Å²) in [7, 11) is -3.94. The number of H-pyrrole nitrogens is 1. The zero-order chi connectivity index (χ0) is 21.5. The number of aromatic nitrogens is 3. The average molecular weight is 462 g/mol. The van der Waals surface area contributed by atoms with Gasteiger partial charge in [-0.15, -0.1) is 0 Å². The molecule has 0 spiro atoms. The standard InChI is InChI=1S/C19H13Cl2N5O3S/c20-14-2-1-3-16(17(14)21)30(28,29)26-11-6-4-10(5-7-11)15-8-12(18(22)27)13-9-23-25-19(13)24-15/h1-9,26H,(H2,22,27)(H,23,24,25). The first-order chi connectivity index (χ1) is 14.3. The van der Waals surface area contributed by atoms with Crippen molar-refractivity contribution in [3.05, 3.63) is 70.3 Å². The van der Waals surface area contributed by atoms with Gasteiger partial charge in [-0.05, 0) is 30.3 Å². The van der Waals surface area contributed by atoms with Crippen molar-refractivity contribution >= 4 is 55.9 Å². The van der Waals surface area contributed by atoms with Crippen LogP contribution in [0.4, 0.5) is 5.69 Å². The van der Waals surface area contributed by atoms with Crippen molar-refractivity contribution in [3.8, 4) is 11.3 Å². The van der Waals surface area contributed by atoms with Gasteiger partial charge in [-0.1, -0.05) is 41.4 Å². The van der Waals surface area contributed by atoms with Crippen LogP contribution in [0.3, 0.4) is 0 Å². The molecule has 2 heterocycles. The van der Waals surface area contributed by atoms with Crippen molar-refractivity contribution < 1.29 is 13.2 Å². The molecule has 4 rings (SSSR count). The Kier molecular flexibility index (Phi) is 5.10. The van der Waals surface area contributed by atoms with Gasteiger partial charge >= 0.3 is 0 Å². The quantitative estimate of drug-likeness (QED) is 0.415. The molecule has 4 aromatic rings. The molecular formula is C19H13Cl2N5O3S. The van der Waals surface area contributed by atoms with E-state index >= 15 is 0 Å². The average Bonchev–Trinajstić information content (AvgIpc) is 3.18. The fourth-order valence-corrected chi connectivity index (χ4v) is 4.71. The van der Waals surface area contributed by atoms with Crippen LogP contribution in [0.2, 0.25) is 10.0 Å². The summed E-state index contributed by atoms with van der Waals surface area (Å²) >= 11 is 11.9. The molecule has 0 fully saturated rings. The van der Waals surface area contributed by atoms with E-state index in [9.17, 15) is 13.2 Å². The Morgan fingerprint density at radius 1 is 1.10 bits per heavy atom. The lowest BCUT2D eigenvalue weighted by molar-refractivity contribution is 0.100. The number of carbonyl (C=O) groups excluding carboxylic acids is 1. The minimum atomic E-state index is -3.94.